The third kappa shape index (κ3) is 25.9. The van der Waals surface area contributed by atoms with Crippen LogP contribution in [-0.4, -0.2) is 221 Å². The van der Waals surface area contributed by atoms with E-state index in [0.29, 0.717) is 68.4 Å². The fourth-order valence-electron chi connectivity index (χ4n) is 19.0. The van der Waals surface area contributed by atoms with Crippen molar-refractivity contribution in [2.45, 2.75) is 246 Å². The van der Waals surface area contributed by atoms with Gasteiger partial charge >= 0.3 is 0 Å². The Labute approximate surface area is 822 Å². The van der Waals surface area contributed by atoms with Crippen LogP contribution < -0.4 is 0 Å². The van der Waals surface area contributed by atoms with Crippen LogP contribution in [0.2, 0.25) is 0 Å². The Bertz CT molecular complexity index is 5620. The van der Waals surface area contributed by atoms with Crippen LogP contribution in [-0.2, 0) is 64.2 Å². The van der Waals surface area contributed by atoms with Gasteiger partial charge in [-0.1, -0.05) is 176 Å². The van der Waals surface area contributed by atoms with Crippen LogP contribution in [0, 0.1) is 51.4 Å². The maximum absolute atomic E-state index is 13.6. The summed E-state index contributed by atoms with van der Waals surface area (Å²) in [6.45, 7) is 26.2. The average Bonchev–Trinajstić information content (AvgIpc) is 1.66. The number of benzene rings is 4. The number of aliphatic hydroxyl groups is 5. The van der Waals surface area contributed by atoms with Gasteiger partial charge in [-0.15, -0.1) is 39.1 Å². The number of pyridine rings is 2. The molecule has 12 aromatic rings. The summed E-state index contributed by atoms with van der Waals surface area (Å²) in [6, 6.07) is 42.4. The first kappa shape index (κ1) is 104. The van der Waals surface area contributed by atoms with E-state index in [1.54, 1.807) is 101 Å². The summed E-state index contributed by atoms with van der Waals surface area (Å²) in [5.74, 6) is -1.98. The lowest BCUT2D eigenvalue weighted by Gasteiger charge is -2.31. The molecule has 0 spiro atoms. The van der Waals surface area contributed by atoms with E-state index in [-0.39, 0.29) is 128 Å². The van der Waals surface area contributed by atoms with Gasteiger partial charge in [0.2, 0.25) is 23.6 Å². The first-order valence-corrected chi connectivity index (χ1v) is 50.8. The van der Waals surface area contributed by atoms with Crippen molar-refractivity contribution in [3.05, 3.63) is 261 Å². The Morgan fingerprint density at radius 1 is 0.406 bits per heavy atom. The predicted octanol–water partition coefficient (Wildman–Crippen LogP) is 15.8. The van der Waals surface area contributed by atoms with Gasteiger partial charge in [0.05, 0.1) is 149 Å². The Morgan fingerprint density at radius 2 is 0.812 bits per heavy atom. The molecule has 13 atom stereocenters. The molecular formula is C106H125N15O13S4. The van der Waals surface area contributed by atoms with Crippen LogP contribution in [0.4, 0.5) is 0 Å². The van der Waals surface area contributed by atoms with Crippen molar-refractivity contribution in [2.24, 2.45) is 23.7 Å². The molecule has 16 rings (SSSR count). The SMILES string of the molecule is Cc1cn([C@H](C(=O)N2C[C@H](O)C[C@H]2C(=O)C[C@@H](C)c2ccc(-c3snnc3CO)cc2)C(C)C)cn1.Cc1ncsc1-c1ccc(CCC(=O)[C@@H]2C[C@@H](O)CN2C(=O)[C@@H](c2ccccn2)C(C)C)cc1.Cc1ncsc1-c1ccc(CCC(=O)[C@@H]2C[C@@H](O)CN2C(=O)[C@@H](c2cccnc2)C(C)C)cc1.Cc1ncsc1-c1ccc(CCC(=O)[C@@H]2C[C@@H](O)CN2C(=O)[C@@H](c2cccnn2)C(C)C)cc1. The molecule has 0 saturated carbocycles. The fraction of sp³-hybridized carbons (Fsp3) is 0.434. The van der Waals surface area contributed by atoms with E-state index < -0.39 is 72.4 Å². The molecule has 5 N–H and O–H groups in total. The van der Waals surface area contributed by atoms with Crippen LogP contribution in [0.1, 0.15) is 211 Å². The molecule has 4 saturated heterocycles. The minimum absolute atomic E-state index is 0.000899. The van der Waals surface area contributed by atoms with Gasteiger partial charge in [-0.2, -0.15) is 10.2 Å². The molecule has 0 unspecified atom stereocenters. The van der Waals surface area contributed by atoms with E-state index in [9.17, 15) is 63.9 Å². The first-order chi connectivity index (χ1) is 66.2. The summed E-state index contributed by atoms with van der Waals surface area (Å²) in [7, 11) is 0. The number of carbonyl (C=O) groups excluding carboxylic acids is 8. The Balaban J connectivity index is 0.000000155. The summed E-state index contributed by atoms with van der Waals surface area (Å²) in [4.78, 5) is 143. The van der Waals surface area contributed by atoms with Crippen molar-refractivity contribution in [1.82, 2.24) is 73.9 Å². The van der Waals surface area contributed by atoms with Gasteiger partial charge in [0, 0.05) is 109 Å². The molecule has 0 bridgehead atoms. The number of likely N-dealkylation sites (tertiary alicyclic amines) is 4. The zero-order chi connectivity index (χ0) is 98.7. The van der Waals surface area contributed by atoms with Gasteiger partial charge in [0.15, 0.2) is 23.1 Å². The van der Waals surface area contributed by atoms with E-state index in [1.165, 1.54) is 11.5 Å². The number of aromatic nitrogens is 11. The molecule has 0 radical (unpaired) electrons. The number of Topliss-reactive ketones (excluding diaryl/α,β-unsaturated/α-hetero) is 4. The summed E-state index contributed by atoms with van der Waals surface area (Å²) >= 11 is 6.09. The molecule has 28 nitrogen and oxygen atoms in total. The Hall–Kier alpha value is -11.7. The monoisotopic (exact) mass is 1940 g/mol. The molecule has 12 heterocycles. The second kappa shape index (κ2) is 48.2. The highest BCUT2D eigenvalue weighted by Gasteiger charge is 2.47. The highest BCUT2D eigenvalue weighted by Crippen LogP contribution is 2.39. The normalized spacial score (nSPS) is 19.1. The zero-order valence-corrected chi connectivity index (χ0v) is 83.7. The number of aliphatic hydroxyl groups excluding tert-OH is 5. The molecule has 8 aromatic heterocycles. The number of carbonyl (C=O) groups is 8. The van der Waals surface area contributed by atoms with Gasteiger partial charge in [-0.3, -0.25) is 48.3 Å². The number of amides is 4. The molecule has 4 aliphatic heterocycles. The zero-order valence-electron chi connectivity index (χ0n) is 80.4. The van der Waals surface area contributed by atoms with E-state index in [4.69, 9.17) is 0 Å². The quantitative estimate of drug-likeness (QED) is 0.0255. The third-order valence-corrected chi connectivity index (χ3v) is 30.0. The van der Waals surface area contributed by atoms with Crippen LogP contribution in [0.3, 0.4) is 0 Å². The van der Waals surface area contributed by atoms with E-state index in [1.807, 2.05) is 204 Å². The van der Waals surface area contributed by atoms with Gasteiger partial charge in [-0.25, -0.2) is 19.9 Å². The van der Waals surface area contributed by atoms with Crippen LogP contribution >= 0.6 is 45.5 Å². The lowest BCUT2D eigenvalue weighted by Crippen LogP contribution is -2.45. The molecule has 726 valence electrons. The lowest BCUT2D eigenvalue weighted by atomic mass is 9.87. The summed E-state index contributed by atoms with van der Waals surface area (Å²) in [5.41, 5.74) is 20.6. The summed E-state index contributed by atoms with van der Waals surface area (Å²) in [6.07, 6.45) is 11.5. The number of hydrogen-bond acceptors (Lipinski definition) is 27. The summed E-state index contributed by atoms with van der Waals surface area (Å²) in [5, 5.41) is 62.8. The standard InChI is InChI=1S/2C27H31N3O3S.C26H33N5O4S.C26H30N4O3S/c1-17(2)25(21-5-4-12-28-14-21)27(33)30-15-22(31)13-23(30)24(32)11-8-19-6-9-20(10-7-19)26-18(3)29-16-34-26;1-17(2)25(22-6-4-5-13-28-22)27(33)30-15-21(31)14-23(30)24(32)12-9-19-7-10-20(11-8-19)26-18(3)29-16-34-26;1-15(2)24(30-11-17(4)27-14-30)26(35)31-12-20(33)10-22(31)23(34)9-16(3)18-5-7-19(8-6-18)25-21(13-32)28-29-36-25;1-16(2)24(21-5-4-12-28-29-21)26(33)30-14-20(31)13-22(30)23(32)11-8-18-6-9-19(10-7-18)25-17(3)27-15-34-25/h4-7,9-10,12,14,16-17,22-23,25,31H,8,11,13,15H2,1-3H3;4-8,10-11,13,16-17,21,23,25,31H,9,12,14-15H2,1-3H3;5-8,11,14-16,20,22,24,32-33H,9-10,12-13H2,1-4H3;4-7,9-10,12,15-16,20,22,24,31H,8,11,13-14H2,1-3H3/t22-,23+,25-;21-,23+,25-;16-,20-,22+,24+;20-,22+,24-/m1111/s1. The number of β-amino-alcohol motifs (C(OH)–C–C–N with tert-alkyl or cyclic N) is 4. The number of nitrogens with zero attached hydrogens (tertiary/aromatic N) is 15. The van der Waals surface area contributed by atoms with Gasteiger partial charge in [-0.05, 0) is 168 Å². The fourth-order valence-corrected chi connectivity index (χ4v) is 22.1. The molecule has 4 aliphatic rings. The minimum atomic E-state index is -0.719. The van der Waals surface area contributed by atoms with Crippen molar-refractivity contribution >= 4 is 92.3 Å². The molecule has 4 aromatic carbocycles. The smallest absolute Gasteiger partial charge is 0.246 e. The number of hydrogen-bond donors (Lipinski definition) is 5. The number of thiazole rings is 3. The van der Waals surface area contributed by atoms with Crippen molar-refractivity contribution in [3.63, 3.8) is 0 Å². The van der Waals surface area contributed by atoms with Gasteiger partial charge in [0.25, 0.3) is 0 Å². The Morgan fingerprint density at radius 3 is 1.18 bits per heavy atom. The topological polar surface area (TPSA) is 384 Å². The first-order valence-electron chi connectivity index (χ1n) is 47.4. The second-order valence-corrected chi connectivity index (χ2v) is 41.1. The Kier molecular flexibility index (Phi) is 36.2. The highest BCUT2D eigenvalue weighted by atomic mass is 32.1. The number of rotatable bonds is 33. The van der Waals surface area contributed by atoms with E-state index >= 15 is 0 Å². The van der Waals surface area contributed by atoms with E-state index in [2.05, 4.69) is 86.1 Å². The van der Waals surface area contributed by atoms with Gasteiger partial charge in [0.1, 0.15) is 11.7 Å². The van der Waals surface area contributed by atoms with Crippen LogP contribution in [0.5, 0.6) is 0 Å². The second-order valence-electron chi connectivity index (χ2n) is 37.8. The largest absolute Gasteiger partial charge is 0.391 e. The lowest BCUT2D eigenvalue weighted by molar-refractivity contribution is -0.141. The van der Waals surface area contributed by atoms with Crippen molar-refractivity contribution < 1.29 is 63.9 Å². The number of imidazole rings is 1. The van der Waals surface area contributed by atoms with Crippen molar-refractivity contribution in [2.75, 3.05) is 26.2 Å². The third-order valence-electron chi connectivity index (χ3n) is 26.3. The summed E-state index contributed by atoms with van der Waals surface area (Å²) < 4.78 is 5.72. The minimum Gasteiger partial charge on any atom is -0.391 e. The van der Waals surface area contributed by atoms with E-state index in [0.717, 1.165) is 92.4 Å². The molecule has 4 amide bonds. The van der Waals surface area contributed by atoms with Crippen molar-refractivity contribution in [3.8, 4) is 41.8 Å². The van der Waals surface area contributed by atoms with Crippen molar-refractivity contribution in [1.29, 1.82) is 0 Å². The predicted molar refractivity (Wildman–Crippen MR) is 535 cm³/mol. The maximum atomic E-state index is 13.6. The molecule has 32 heteroatoms. The molecular weight excluding hydrogens is 1820 g/mol. The number of aryl methyl sites for hydroxylation is 7. The molecule has 4 fully saturated rings. The molecule has 0 aliphatic carbocycles. The molecule has 138 heavy (non-hydrogen) atoms. The average molecular weight is 1950 g/mol. The number of ketones is 4. The van der Waals surface area contributed by atoms with Gasteiger partial charge < -0.3 is 49.7 Å². The van der Waals surface area contributed by atoms with Crippen LogP contribution in [0.25, 0.3) is 41.8 Å². The highest BCUT2D eigenvalue weighted by molar-refractivity contribution is 7.14. The maximum Gasteiger partial charge on any atom is 0.246 e. The van der Waals surface area contributed by atoms with Crippen LogP contribution in [0.15, 0.2) is 193 Å².